The number of hydrogen-bond donors (Lipinski definition) is 0. The number of carbonyl (C=O) groups excluding carboxylic acids is 1. The van der Waals surface area contributed by atoms with Crippen LogP contribution in [0, 0.1) is 0 Å². The average molecular weight is 165 g/mol. The molecule has 0 aliphatic heterocycles. The van der Waals surface area contributed by atoms with E-state index < -0.39 is 12.1 Å². The Labute approximate surface area is 78.7 Å². The number of halogens is 3. The molecule has 0 N–H and O–H groups in total. The molecule has 0 fully saturated rings. The molecular weight excluding hydrogens is 158 g/mol. The molecule has 0 aromatic carbocycles. The second-order valence-corrected chi connectivity index (χ2v) is 1.70. The molecule has 0 aromatic heterocycles. The van der Waals surface area contributed by atoms with Crippen LogP contribution in [-0.2, 0) is 4.79 Å². The van der Waals surface area contributed by atoms with Crippen molar-refractivity contribution in [3.63, 3.8) is 0 Å². The number of amides is 1. The minimum atomic E-state index is -4.73. The standard InChI is InChI=1S/C4H6F3NO.Na.H/c1-8(2)3(9)4(5,6)7;;/h1-2H3;;. The van der Waals surface area contributed by atoms with Gasteiger partial charge in [-0.25, -0.2) is 0 Å². The van der Waals surface area contributed by atoms with Crippen LogP contribution in [0.1, 0.15) is 0 Å². The molecule has 56 valence electrons. The van der Waals surface area contributed by atoms with Gasteiger partial charge in [-0.15, -0.1) is 0 Å². The fourth-order valence-corrected chi connectivity index (χ4v) is 0.254. The van der Waals surface area contributed by atoms with Crippen molar-refractivity contribution in [2.45, 2.75) is 6.18 Å². The van der Waals surface area contributed by atoms with Gasteiger partial charge in [-0.2, -0.15) is 13.2 Å². The Morgan fingerprint density at radius 2 is 1.60 bits per heavy atom. The summed E-state index contributed by atoms with van der Waals surface area (Å²) in [6.45, 7) is 0. The second kappa shape index (κ2) is 4.20. The van der Waals surface area contributed by atoms with Crippen molar-refractivity contribution >= 4 is 35.5 Å². The van der Waals surface area contributed by atoms with Gasteiger partial charge in [0.1, 0.15) is 0 Å². The van der Waals surface area contributed by atoms with E-state index in [-0.39, 0.29) is 29.6 Å². The van der Waals surface area contributed by atoms with E-state index in [1.807, 2.05) is 0 Å². The van der Waals surface area contributed by atoms with Gasteiger partial charge in [0.2, 0.25) is 0 Å². The van der Waals surface area contributed by atoms with E-state index in [1.165, 1.54) is 0 Å². The third-order valence-corrected chi connectivity index (χ3v) is 0.649. The van der Waals surface area contributed by atoms with Gasteiger partial charge in [0.05, 0.1) is 0 Å². The first-order chi connectivity index (χ1) is 3.85. The summed E-state index contributed by atoms with van der Waals surface area (Å²) in [6.07, 6.45) is -4.73. The van der Waals surface area contributed by atoms with Crippen LogP contribution in [0.25, 0.3) is 0 Å². The molecule has 0 aliphatic rings. The number of nitrogens with zero attached hydrogens (tertiary/aromatic N) is 1. The van der Waals surface area contributed by atoms with E-state index in [0.29, 0.717) is 4.90 Å². The van der Waals surface area contributed by atoms with Crippen molar-refractivity contribution in [2.75, 3.05) is 14.1 Å². The zero-order chi connectivity index (χ0) is 7.65. The zero-order valence-electron chi connectivity index (χ0n) is 4.99. The summed E-state index contributed by atoms with van der Waals surface area (Å²) in [7, 11) is 2.10. The zero-order valence-corrected chi connectivity index (χ0v) is 4.99. The van der Waals surface area contributed by atoms with Gasteiger partial charge in [0.15, 0.2) is 0 Å². The predicted molar refractivity (Wildman–Crippen MR) is 31.9 cm³/mol. The third kappa shape index (κ3) is 4.14. The van der Waals surface area contributed by atoms with E-state index in [1.54, 1.807) is 0 Å². The Hall–Kier alpha value is 0.260. The quantitative estimate of drug-likeness (QED) is 0.462. The Bertz CT molecular complexity index is 122. The van der Waals surface area contributed by atoms with Gasteiger partial charge in [-0.1, -0.05) is 0 Å². The van der Waals surface area contributed by atoms with Crippen LogP contribution in [0.4, 0.5) is 13.2 Å². The molecule has 0 radical (unpaired) electrons. The van der Waals surface area contributed by atoms with E-state index >= 15 is 0 Å². The topological polar surface area (TPSA) is 20.3 Å². The molecule has 10 heavy (non-hydrogen) atoms. The Morgan fingerprint density at radius 1 is 1.30 bits per heavy atom. The molecule has 0 heterocycles. The number of carbonyl (C=O) groups is 1. The summed E-state index contributed by atoms with van der Waals surface area (Å²) < 4.78 is 33.9. The molecule has 0 unspecified atom stereocenters. The van der Waals surface area contributed by atoms with Crippen LogP contribution in [0.3, 0.4) is 0 Å². The predicted octanol–water partition coefficient (Wildman–Crippen LogP) is -0.0116. The van der Waals surface area contributed by atoms with Gasteiger partial charge >= 0.3 is 41.6 Å². The van der Waals surface area contributed by atoms with Crippen LogP contribution in [0.15, 0.2) is 0 Å². The average Bonchev–Trinajstić information content (AvgIpc) is 1.62. The van der Waals surface area contributed by atoms with E-state index in [9.17, 15) is 18.0 Å². The van der Waals surface area contributed by atoms with Crippen molar-refractivity contribution in [2.24, 2.45) is 0 Å². The Balaban J connectivity index is 0. The molecule has 2 nitrogen and oxygen atoms in total. The molecule has 0 aliphatic carbocycles. The van der Waals surface area contributed by atoms with Crippen LogP contribution < -0.4 is 0 Å². The van der Waals surface area contributed by atoms with Crippen molar-refractivity contribution in [3.8, 4) is 0 Å². The molecule has 0 aromatic rings. The normalized spacial score (nSPS) is 10.1. The van der Waals surface area contributed by atoms with Gasteiger partial charge in [0.25, 0.3) is 0 Å². The number of alkyl halides is 3. The van der Waals surface area contributed by atoms with E-state index in [2.05, 4.69) is 0 Å². The van der Waals surface area contributed by atoms with Crippen LogP contribution in [0.2, 0.25) is 0 Å². The number of hydrogen-bond acceptors (Lipinski definition) is 1. The summed E-state index contributed by atoms with van der Waals surface area (Å²) in [5.41, 5.74) is 0. The molecule has 0 atom stereocenters. The number of rotatable bonds is 0. The summed E-state index contributed by atoms with van der Waals surface area (Å²) in [6, 6.07) is 0. The van der Waals surface area contributed by atoms with Crippen molar-refractivity contribution in [3.05, 3.63) is 0 Å². The molecule has 1 amide bonds. The molecule has 0 bridgehead atoms. The minimum absolute atomic E-state index is 0. The summed E-state index contributed by atoms with van der Waals surface area (Å²) in [5.74, 6) is -1.83. The van der Waals surface area contributed by atoms with Crippen molar-refractivity contribution in [1.29, 1.82) is 0 Å². The van der Waals surface area contributed by atoms with Gasteiger partial charge < -0.3 is 4.90 Å². The maximum absolute atomic E-state index is 11.3. The van der Waals surface area contributed by atoms with E-state index in [0.717, 1.165) is 14.1 Å². The first-order valence-corrected chi connectivity index (χ1v) is 2.14. The second-order valence-electron chi connectivity index (χ2n) is 1.70. The first-order valence-electron chi connectivity index (χ1n) is 2.14. The third-order valence-electron chi connectivity index (χ3n) is 0.649. The van der Waals surface area contributed by atoms with Crippen LogP contribution >= 0.6 is 0 Å². The molecule has 6 heteroatoms. The summed E-state index contributed by atoms with van der Waals surface area (Å²) in [4.78, 5) is 10.5. The van der Waals surface area contributed by atoms with Gasteiger partial charge in [0, 0.05) is 14.1 Å². The maximum atomic E-state index is 11.3. The van der Waals surface area contributed by atoms with Gasteiger partial charge in [-0.3, -0.25) is 4.79 Å². The molecule has 0 spiro atoms. The Kier molecular flexibility index (Phi) is 5.42. The summed E-state index contributed by atoms with van der Waals surface area (Å²) in [5, 5.41) is 0. The van der Waals surface area contributed by atoms with Gasteiger partial charge in [-0.05, 0) is 0 Å². The molecule has 0 saturated carbocycles. The van der Waals surface area contributed by atoms with Crippen molar-refractivity contribution < 1.29 is 18.0 Å². The van der Waals surface area contributed by atoms with Crippen molar-refractivity contribution in [1.82, 2.24) is 4.90 Å². The Morgan fingerprint density at radius 3 is 1.60 bits per heavy atom. The summed E-state index contributed by atoms with van der Waals surface area (Å²) >= 11 is 0. The first kappa shape index (κ1) is 12.9. The fraction of sp³-hybridized carbons (Fsp3) is 0.750. The van der Waals surface area contributed by atoms with Crippen LogP contribution in [0.5, 0.6) is 0 Å². The van der Waals surface area contributed by atoms with E-state index in [4.69, 9.17) is 0 Å². The van der Waals surface area contributed by atoms with Crippen LogP contribution in [-0.4, -0.2) is 60.6 Å². The SMILES string of the molecule is CN(C)C(=O)C(F)(F)F.[NaH]. The molecule has 0 rings (SSSR count). The fourth-order valence-electron chi connectivity index (χ4n) is 0.254. The molecular formula is C4H7F3NNaO. The molecule has 0 saturated heterocycles. The monoisotopic (exact) mass is 165 g/mol.